The Labute approximate surface area is 185 Å². The number of nitrogens with zero attached hydrogens (tertiary/aromatic N) is 4. The van der Waals surface area contributed by atoms with Gasteiger partial charge in [0.05, 0.1) is 19.8 Å². The number of halogens is 1. The summed E-state index contributed by atoms with van der Waals surface area (Å²) in [7, 11) is 1.86. The Morgan fingerprint density at radius 3 is 2.82 bits per heavy atom. The number of morpholine rings is 1. The van der Waals surface area contributed by atoms with E-state index in [1.165, 1.54) is 13.0 Å². The molecule has 0 aromatic carbocycles. The van der Waals surface area contributed by atoms with Crippen molar-refractivity contribution in [2.45, 2.75) is 26.3 Å². The van der Waals surface area contributed by atoms with E-state index in [4.69, 9.17) is 9.47 Å². The summed E-state index contributed by atoms with van der Waals surface area (Å²) in [6, 6.07) is 3.99. The maximum Gasteiger partial charge on any atom is 0.213 e. The molecule has 1 N–H and O–H groups in total. The van der Waals surface area contributed by atoms with Gasteiger partial charge in [0.15, 0.2) is 5.96 Å². The first kappa shape index (κ1) is 23.2. The van der Waals surface area contributed by atoms with Crippen LogP contribution in [-0.2, 0) is 11.3 Å². The quantitative estimate of drug-likeness (QED) is 0.350. The Kier molecular flexibility index (Phi) is 10.3. The maximum absolute atomic E-state index is 5.54. The van der Waals surface area contributed by atoms with Crippen LogP contribution in [0.3, 0.4) is 0 Å². The van der Waals surface area contributed by atoms with Crippen molar-refractivity contribution in [2.24, 2.45) is 10.9 Å². The van der Waals surface area contributed by atoms with Crippen molar-refractivity contribution < 1.29 is 9.47 Å². The number of hydrogen-bond donors (Lipinski definition) is 1. The summed E-state index contributed by atoms with van der Waals surface area (Å²) >= 11 is 0. The fraction of sp³-hybridized carbons (Fsp3) is 0.700. The van der Waals surface area contributed by atoms with Crippen LogP contribution in [0.2, 0.25) is 0 Å². The molecule has 28 heavy (non-hydrogen) atoms. The molecule has 0 bridgehead atoms. The van der Waals surface area contributed by atoms with Crippen LogP contribution in [0.15, 0.2) is 23.3 Å². The predicted octanol–water partition coefficient (Wildman–Crippen LogP) is 2.22. The van der Waals surface area contributed by atoms with Gasteiger partial charge in [-0.1, -0.05) is 13.0 Å². The van der Waals surface area contributed by atoms with Crippen LogP contribution in [-0.4, -0.2) is 80.3 Å². The van der Waals surface area contributed by atoms with E-state index in [0.717, 1.165) is 63.9 Å². The molecular formula is C20H34IN5O2. The molecule has 1 unspecified atom stereocenters. The molecule has 0 radical (unpaired) electrons. The van der Waals surface area contributed by atoms with E-state index in [1.54, 1.807) is 0 Å². The second-order valence-corrected chi connectivity index (χ2v) is 7.27. The molecule has 0 spiro atoms. The van der Waals surface area contributed by atoms with E-state index < -0.39 is 0 Å². The van der Waals surface area contributed by atoms with Gasteiger partial charge in [-0.25, -0.2) is 4.98 Å². The number of aromatic nitrogens is 1. The number of likely N-dealkylation sites (tertiary alicyclic amines) is 1. The summed E-state index contributed by atoms with van der Waals surface area (Å²) in [5.74, 6) is 2.37. The number of ether oxygens (including phenoxy) is 2. The molecule has 1 aromatic rings. The van der Waals surface area contributed by atoms with Gasteiger partial charge in [-0.05, 0) is 24.3 Å². The topological polar surface area (TPSA) is 62.2 Å². The van der Waals surface area contributed by atoms with Gasteiger partial charge in [-0.3, -0.25) is 9.89 Å². The van der Waals surface area contributed by atoms with Crippen molar-refractivity contribution >= 4 is 29.9 Å². The molecule has 8 heteroatoms. The van der Waals surface area contributed by atoms with Crippen molar-refractivity contribution in [3.63, 3.8) is 0 Å². The summed E-state index contributed by atoms with van der Waals surface area (Å²) in [4.78, 5) is 13.7. The first-order chi connectivity index (χ1) is 13.3. The molecule has 7 nitrogen and oxygen atoms in total. The zero-order valence-corrected chi connectivity index (χ0v) is 19.4. The molecule has 1 aromatic heterocycles. The van der Waals surface area contributed by atoms with E-state index in [9.17, 15) is 0 Å². The molecule has 2 fully saturated rings. The fourth-order valence-electron chi connectivity index (χ4n) is 3.64. The maximum atomic E-state index is 5.54. The number of aliphatic imine (C=N–C) groups is 1. The molecule has 0 saturated carbocycles. The summed E-state index contributed by atoms with van der Waals surface area (Å²) < 4.78 is 11.0. The molecule has 1 atom stereocenters. The first-order valence-electron chi connectivity index (χ1n) is 10.1. The summed E-state index contributed by atoms with van der Waals surface area (Å²) in [6.45, 7) is 10.7. The summed E-state index contributed by atoms with van der Waals surface area (Å²) in [5, 5.41) is 3.48. The summed E-state index contributed by atoms with van der Waals surface area (Å²) in [5.41, 5.74) is 1.13. The van der Waals surface area contributed by atoms with Gasteiger partial charge in [-0.2, -0.15) is 0 Å². The van der Waals surface area contributed by atoms with Crippen LogP contribution < -0.4 is 10.1 Å². The largest absolute Gasteiger partial charge is 0.478 e. The van der Waals surface area contributed by atoms with Gasteiger partial charge in [0.2, 0.25) is 5.88 Å². The Bertz CT molecular complexity index is 593. The van der Waals surface area contributed by atoms with E-state index in [2.05, 4.69) is 38.1 Å². The fourth-order valence-corrected chi connectivity index (χ4v) is 3.64. The SMILES string of the molecule is CCCOc1ccc(CNC(=NC)N2CCC(CN3CCOCC3)C2)cn1.I. The van der Waals surface area contributed by atoms with Gasteiger partial charge < -0.3 is 19.7 Å². The van der Waals surface area contributed by atoms with Crippen molar-refractivity contribution in [3.8, 4) is 5.88 Å². The number of hydrogen-bond acceptors (Lipinski definition) is 5. The molecule has 0 amide bonds. The monoisotopic (exact) mass is 503 g/mol. The normalized spacial score (nSPS) is 20.7. The minimum Gasteiger partial charge on any atom is -0.478 e. The van der Waals surface area contributed by atoms with Crippen molar-refractivity contribution in [1.82, 2.24) is 20.1 Å². The molecule has 158 valence electrons. The van der Waals surface area contributed by atoms with Gasteiger partial charge in [0.1, 0.15) is 0 Å². The van der Waals surface area contributed by atoms with Crippen LogP contribution in [0.1, 0.15) is 25.3 Å². The minimum atomic E-state index is 0. The van der Waals surface area contributed by atoms with E-state index in [1.807, 2.05) is 19.3 Å². The molecule has 2 aliphatic rings. The van der Waals surface area contributed by atoms with E-state index in [0.29, 0.717) is 18.4 Å². The van der Waals surface area contributed by atoms with Gasteiger partial charge >= 0.3 is 0 Å². The lowest BCUT2D eigenvalue weighted by Gasteiger charge is -2.29. The third-order valence-electron chi connectivity index (χ3n) is 5.12. The number of rotatable bonds is 7. The lowest BCUT2D eigenvalue weighted by atomic mass is 10.1. The first-order valence-corrected chi connectivity index (χ1v) is 10.1. The summed E-state index contributed by atoms with van der Waals surface area (Å²) in [6.07, 6.45) is 4.09. The molecule has 3 heterocycles. The van der Waals surface area contributed by atoms with E-state index in [-0.39, 0.29) is 24.0 Å². The third kappa shape index (κ3) is 7.04. The highest BCUT2D eigenvalue weighted by molar-refractivity contribution is 14.0. The highest BCUT2D eigenvalue weighted by atomic mass is 127. The van der Waals surface area contributed by atoms with Crippen LogP contribution in [0.25, 0.3) is 0 Å². The van der Waals surface area contributed by atoms with Crippen LogP contribution in [0.5, 0.6) is 5.88 Å². The van der Waals surface area contributed by atoms with Crippen LogP contribution >= 0.6 is 24.0 Å². The Hall–Kier alpha value is -1.13. The van der Waals surface area contributed by atoms with Crippen molar-refractivity contribution in [1.29, 1.82) is 0 Å². The minimum absolute atomic E-state index is 0. The van der Waals surface area contributed by atoms with Gasteiger partial charge in [0, 0.05) is 58.6 Å². The Morgan fingerprint density at radius 2 is 2.14 bits per heavy atom. The van der Waals surface area contributed by atoms with Crippen molar-refractivity contribution in [3.05, 3.63) is 23.9 Å². The molecular weight excluding hydrogens is 469 g/mol. The molecule has 0 aliphatic carbocycles. The Morgan fingerprint density at radius 1 is 1.32 bits per heavy atom. The molecule has 3 rings (SSSR count). The number of nitrogens with one attached hydrogen (secondary N) is 1. The second kappa shape index (κ2) is 12.4. The molecule has 2 saturated heterocycles. The zero-order chi connectivity index (χ0) is 18.9. The predicted molar refractivity (Wildman–Crippen MR) is 123 cm³/mol. The van der Waals surface area contributed by atoms with Gasteiger partial charge in [-0.15, -0.1) is 24.0 Å². The Balaban J connectivity index is 0.00000280. The second-order valence-electron chi connectivity index (χ2n) is 7.27. The smallest absolute Gasteiger partial charge is 0.213 e. The van der Waals surface area contributed by atoms with Gasteiger partial charge in [0.25, 0.3) is 0 Å². The van der Waals surface area contributed by atoms with Crippen LogP contribution in [0, 0.1) is 5.92 Å². The standard InChI is InChI=1S/C20H33N5O2.HI/c1-3-10-27-19-5-4-17(13-22-19)14-23-20(21-2)25-7-6-18(16-25)15-24-8-11-26-12-9-24;/h4-5,13,18H,3,6-12,14-16H2,1-2H3,(H,21,23);1H. The lowest BCUT2D eigenvalue weighted by molar-refractivity contribution is 0.0315. The van der Waals surface area contributed by atoms with Crippen molar-refractivity contribution in [2.75, 3.05) is 59.6 Å². The average molecular weight is 503 g/mol. The van der Waals surface area contributed by atoms with E-state index >= 15 is 0 Å². The molecule has 2 aliphatic heterocycles. The average Bonchev–Trinajstić information content (AvgIpc) is 3.17. The third-order valence-corrected chi connectivity index (χ3v) is 5.12. The zero-order valence-electron chi connectivity index (χ0n) is 17.1. The number of pyridine rings is 1. The highest BCUT2D eigenvalue weighted by Gasteiger charge is 2.27. The van der Waals surface area contributed by atoms with Crippen LogP contribution in [0.4, 0.5) is 0 Å². The highest BCUT2D eigenvalue weighted by Crippen LogP contribution is 2.18. The number of guanidine groups is 1. The lowest BCUT2D eigenvalue weighted by Crippen LogP contribution is -2.42.